The Morgan fingerprint density at radius 1 is 1.11 bits per heavy atom. The van der Waals surface area contributed by atoms with Gasteiger partial charge < -0.3 is 9.47 Å². The fraction of sp³-hybridized carbons (Fsp3) is 0.391. The average molecular weight is 361 g/mol. The monoisotopic (exact) mass is 361 g/mol. The molecule has 0 saturated carbocycles. The van der Waals surface area contributed by atoms with E-state index in [1.807, 2.05) is 29.4 Å². The van der Waals surface area contributed by atoms with Crippen molar-refractivity contribution < 1.29 is 4.79 Å². The molecule has 140 valence electrons. The third-order valence-corrected chi connectivity index (χ3v) is 5.65. The van der Waals surface area contributed by atoms with Gasteiger partial charge in [0.25, 0.3) is 5.91 Å². The Morgan fingerprint density at radius 2 is 1.85 bits per heavy atom. The van der Waals surface area contributed by atoms with E-state index in [2.05, 4.69) is 53.7 Å². The number of carbonyl (C=O) groups excluding carboxylic acids is 1. The molecule has 1 amide bonds. The SMILES string of the molecule is CC(C)n1cnc2cc(C(=O)N3CCC(Cc4ccccc4)CC3)ccc21. The lowest BCUT2D eigenvalue weighted by Crippen LogP contribution is -2.38. The van der Waals surface area contributed by atoms with E-state index in [1.54, 1.807) is 0 Å². The predicted molar refractivity (Wildman–Crippen MR) is 109 cm³/mol. The molecule has 1 aromatic heterocycles. The van der Waals surface area contributed by atoms with Gasteiger partial charge in [0.1, 0.15) is 0 Å². The van der Waals surface area contributed by atoms with Crippen molar-refractivity contribution in [1.82, 2.24) is 14.5 Å². The molecule has 0 aliphatic carbocycles. The lowest BCUT2D eigenvalue weighted by molar-refractivity contribution is 0.0690. The summed E-state index contributed by atoms with van der Waals surface area (Å²) in [5.41, 5.74) is 4.13. The van der Waals surface area contributed by atoms with Crippen molar-refractivity contribution in [3.63, 3.8) is 0 Å². The number of hydrogen-bond acceptors (Lipinski definition) is 2. The maximum atomic E-state index is 12.9. The summed E-state index contributed by atoms with van der Waals surface area (Å²) in [5.74, 6) is 0.801. The first-order valence-corrected chi connectivity index (χ1v) is 9.91. The average Bonchev–Trinajstić information content (AvgIpc) is 3.12. The van der Waals surface area contributed by atoms with Gasteiger partial charge in [0, 0.05) is 24.7 Å². The number of hydrogen-bond donors (Lipinski definition) is 0. The smallest absolute Gasteiger partial charge is 0.253 e. The number of likely N-dealkylation sites (tertiary alicyclic amines) is 1. The zero-order valence-electron chi connectivity index (χ0n) is 16.1. The third-order valence-electron chi connectivity index (χ3n) is 5.65. The van der Waals surface area contributed by atoms with Crippen LogP contribution >= 0.6 is 0 Å². The van der Waals surface area contributed by atoms with Gasteiger partial charge in [-0.15, -0.1) is 0 Å². The first-order chi connectivity index (χ1) is 13.1. The summed E-state index contributed by atoms with van der Waals surface area (Å²) in [4.78, 5) is 19.4. The van der Waals surface area contributed by atoms with Crippen LogP contribution in [0.15, 0.2) is 54.9 Å². The van der Waals surface area contributed by atoms with Crippen LogP contribution in [0, 0.1) is 5.92 Å². The first-order valence-electron chi connectivity index (χ1n) is 9.91. The summed E-state index contributed by atoms with van der Waals surface area (Å²) in [6.07, 6.45) is 5.12. The fourth-order valence-electron chi connectivity index (χ4n) is 4.05. The van der Waals surface area contributed by atoms with Crippen LogP contribution in [0.4, 0.5) is 0 Å². The molecule has 0 bridgehead atoms. The summed E-state index contributed by atoms with van der Waals surface area (Å²) in [7, 11) is 0. The number of amides is 1. The Bertz CT molecular complexity index is 921. The van der Waals surface area contributed by atoms with Crippen molar-refractivity contribution in [2.24, 2.45) is 5.92 Å². The molecule has 2 heterocycles. The van der Waals surface area contributed by atoms with Crippen molar-refractivity contribution in [1.29, 1.82) is 0 Å². The van der Waals surface area contributed by atoms with Gasteiger partial charge in [-0.05, 0) is 62.8 Å². The second kappa shape index (κ2) is 7.55. The highest BCUT2D eigenvalue weighted by molar-refractivity contribution is 5.97. The van der Waals surface area contributed by atoms with E-state index in [4.69, 9.17) is 0 Å². The molecule has 27 heavy (non-hydrogen) atoms. The van der Waals surface area contributed by atoms with E-state index >= 15 is 0 Å². The number of rotatable bonds is 4. The summed E-state index contributed by atoms with van der Waals surface area (Å²) in [6.45, 7) is 5.96. The van der Waals surface area contributed by atoms with Crippen LogP contribution in [0.5, 0.6) is 0 Å². The number of benzene rings is 2. The molecule has 4 nitrogen and oxygen atoms in total. The highest BCUT2D eigenvalue weighted by atomic mass is 16.2. The third kappa shape index (κ3) is 3.75. The number of fused-ring (bicyclic) bond motifs is 1. The van der Waals surface area contributed by atoms with Crippen LogP contribution in [0.1, 0.15) is 48.7 Å². The normalized spacial score (nSPS) is 15.6. The van der Waals surface area contributed by atoms with Crippen LogP contribution < -0.4 is 0 Å². The number of aromatic nitrogens is 2. The van der Waals surface area contributed by atoms with Gasteiger partial charge in [-0.25, -0.2) is 4.98 Å². The van der Waals surface area contributed by atoms with Crippen molar-refractivity contribution in [3.05, 3.63) is 66.0 Å². The van der Waals surface area contributed by atoms with Gasteiger partial charge >= 0.3 is 0 Å². The minimum Gasteiger partial charge on any atom is -0.339 e. The molecule has 0 unspecified atom stereocenters. The molecule has 1 aliphatic heterocycles. The summed E-state index contributed by atoms with van der Waals surface area (Å²) in [6, 6.07) is 16.9. The van der Waals surface area contributed by atoms with E-state index in [0.29, 0.717) is 12.0 Å². The molecule has 0 atom stereocenters. The second-order valence-electron chi connectivity index (χ2n) is 7.87. The van der Waals surface area contributed by atoms with Gasteiger partial charge in [0.15, 0.2) is 0 Å². The van der Waals surface area contributed by atoms with Crippen LogP contribution in [-0.4, -0.2) is 33.4 Å². The summed E-state index contributed by atoms with van der Waals surface area (Å²) in [5, 5.41) is 0. The molecule has 1 aliphatic rings. The minimum absolute atomic E-state index is 0.133. The predicted octanol–water partition coefficient (Wildman–Crippen LogP) is 4.71. The standard InChI is InChI=1S/C23H27N3O/c1-17(2)26-16-24-21-15-20(8-9-22(21)26)23(27)25-12-10-19(11-13-25)14-18-6-4-3-5-7-18/h3-9,15-17,19H,10-14H2,1-2H3. The molecule has 1 saturated heterocycles. The minimum atomic E-state index is 0.133. The van der Waals surface area contributed by atoms with Crippen LogP contribution in [-0.2, 0) is 6.42 Å². The van der Waals surface area contributed by atoms with E-state index in [0.717, 1.165) is 48.9 Å². The van der Waals surface area contributed by atoms with Crippen LogP contribution in [0.25, 0.3) is 11.0 Å². The molecule has 4 heteroatoms. The van der Waals surface area contributed by atoms with E-state index in [-0.39, 0.29) is 5.91 Å². The van der Waals surface area contributed by atoms with Gasteiger partial charge in [0.05, 0.1) is 17.4 Å². The summed E-state index contributed by atoms with van der Waals surface area (Å²) >= 11 is 0. The first kappa shape index (κ1) is 17.8. The topological polar surface area (TPSA) is 38.1 Å². The maximum absolute atomic E-state index is 12.9. The van der Waals surface area contributed by atoms with Crippen LogP contribution in [0.2, 0.25) is 0 Å². The molecule has 0 radical (unpaired) electrons. The maximum Gasteiger partial charge on any atom is 0.253 e. The van der Waals surface area contributed by atoms with Gasteiger partial charge in [-0.2, -0.15) is 0 Å². The number of imidazole rings is 1. The molecule has 3 aromatic rings. The fourth-order valence-corrected chi connectivity index (χ4v) is 4.05. The van der Waals surface area contributed by atoms with E-state index in [1.165, 1.54) is 5.56 Å². The second-order valence-corrected chi connectivity index (χ2v) is 7.87. The number of carbonyl (C=O) groups is 1. The van der Waals surface area contributed by atoms with E-state index in [9.17, 15) is 4.79 Å². The molecule has 2 aromatic carbocycles. The molecule has 0 spiro atoms. The molecular weight excluding hydrogens is 334 g/mol. The molecule has 1 fully saturated rings. The highest BCUT2D eigenvalue weighted by Crippen LogP contribution is 2.24. The molecular formula is C23H27N3O. The molecule has 4 rings (SSSR count). The number of piperidine rings is 1. The van der Waals surface area contributed by atoms with Gasteiger partial charge in [-0.1, -0.05) is 30.3 Å². The lowest BCUT2D eigenvalue weighted by atomic mass is 9.90. The Hall–Kier alpha value is -2.62. The molecule has 0 N–H and O–H groups in total. The lowest BCUT2D eigenvalue weighted by Gasteiger charge is -2.32. The van der Waals surface area contributed by atoms with Crippen molar-refractivity contribution in [3.8, 4) is 0 Å². The van der Waals surface area contributed by atoms with Gasteiger partial charge in [-0.3, -0.25) is 4.79 Å². The van der Waals surface area contributed by atoms with Gasteiger partial charge in [0.2, 0.25) is 0 Å². The quantitative estimate of drug-likeness (QED) is 0.675. The summed E-state index contributed by atoms with van der Waals surface area (Å²) < 4.78 is 2.14. The number of nitrogens with zero attached hydrogens (tertiary/aromatic N) is 3. The zero-order valence-corrected chi connectivity index (χ0v) is 16.1. The Morgan fingerprint density at radius 3 is 2.56 bits per heavy atom. The zero-order chi connectivity index (χ0) is 18.8. The van der Waals surface area contributed by atoms with Crippen molar-refractivity contribution >= 4 is 16.9 Å². The van der Waals surface area contributed by atoms with E-state index < -0.39 is 0 Å². The van der Waals surface area contributed by atoms with Crippen molar-refractivity contribution in [2.75, 3.05) is 13.1 Å². The highest BCUT2D eigenvalue weighted by Gasteiger charge is 2.24. The van der Waals surface area contributed by atoms with Crippen molar-refractivity contribution in [2.45, 2.75) is 39.2 Å². The Kier molecular flexibility index (Phi) is 4.97. The largest absolute Gasteiger partial charge is 0.339 e. The van der Waals surface area contributed by atoms with Crippen LogP contribution in [0.3, 0.4) is 0 Å². The Balaban J connectivity index is 1.41. The Labute approximate surface area is 160 Å².